The van der Waals surface area contributed by atoms with Gasteiger partial charge in [-0.05, 0) is 0 Å². The van der Waals surface area contributed by atoms with Gasteiger partial charge in [-0.2, -0.15) is 0 Å². The highest BCUT2D eigenvalue weighted by atomic mass is 19.2. The van der Waals surface area contributed by atoms with Crippen molar-refractivity contribution in [1.82, 2.24) is 0 Å². The van der Waals surface area contributed by atoms with E-state index in [0.29, 0.717) is 6.07 Å². The average molecular weight is 322 g/mol. The van der Waals surface area contributed by atoms with Gasteiger partial charge in [0.05, 0.1) is 25.3 Å². The number of hydrogen-bond acceptors (Lipinski definition) is 2. The molecule has 0 radical (unpaired) electrons. The lowest BCUT2D eigenvalue weighted by Crippen LogP contribution is -2.05. The smallest absolute Gasteiger partial charge is 0.177 e. The minimum absolute atomic E-state index is 0.0466. The van der Waals surface area contributed by atoms with E-state index in [1.807, 2.05) is 0 Å². The highest BCUT2D eigenvalue weighted by molar-refractivity contribution is 5.74. The molecule has 8 heteroatoms. The molecule has 0 unspecified atom stereocenters. The predicted molar refractivity (Wildman–Crippen MR) is 64.7 cm³/mol. The lowest BCUT2D eigenvalue weighted by Gasteiger charge is -2.15. The Balaban J connectivity index is 2.97. The molecule has 0 saturated carbocycles. The average Bonchev–Trinajstić information content (AvgIpc) is 2.48. The van der Waals surface area contributed by atoms with Crippen molar-refractivity contribution in [2.24, 2.45) is 0 Å². The third-order valence-electron chi connectivity index (χ3n) is 2.92. The van der Waals surface area contributed by atoms with E-state index in [9.17, 15) is 26.3 Å². The third kappa shape index (κ3) is 2.34. The molecule has 0 aliphatic heterocycles. The van der Waals surface area contributed by atoms with Crippen molar-refractivity contribution in [3.63, 3.8) is 0 Å². The maximum Gasteiger partial charge on any atom is 0.177 e. The number of hydrogen-bond donors (Lipinski definition) is 0. The van der Waals surface area contributed by atoms with Gasteiger partial charge in [0.2, 0.25) is 0 Å². The highest BCUT2D eigenvalue weighted by Crippen LogP contribution is 2.42. The van der Waals surface area contributed by atoms with E-state index in [2.05, 4.69) is 9.47 Å². The van der Waals surface area contributed by atoms with Crippen LogP contribution in [0.15, 0.2) is 12.1 Å². The van der Waals surface area contributed by atoms with Crippen LogP contribution in [0, 0.1) is 34.9 Å². The Hall–Kier alpha value is -2.38. The van der Waals surface area contributed by atoms with Crippen molar-refractivity contribution in [2.75, 3.05) is 14.2 Å². The van der Waals surface area contributed by atoms with Gasteiger partial charge >= 0.3 is 0 Å². The largest absolute Gasteiger partial charge is 0.494 e. The fourth-order valence-corrected chi connectivity index (χ4v) is 1.95. The number of halogens is 6. The van der Waals surface area contributed by atoms with Crippen LogP contribution < -0.4 is 9.47 Å². The van der Waals surface area contributed by atoms with Crippen LogP contribution in [0.25, 0.3) is 11.1 Å². The molecule has 0 bridgehead atoms. The molecule has 0 saturated heterocycles. The van der Waals surface area contributed by atoms with E-state index >= 15 is 0 Å². The number of ether oxygens (including phenoxy) is 2. The molecule has 0 aliphatic carbocycles. The maximum absolute atomic E-state index is 14.3. The molecule has 2 rings (SSSR count). The van der Waals surface area contributed by atoms with Crippen LogP contribution in [-0.4, -0.2) is 14.2 Å². The number of benzene rings is 2. The summed E-state index contributed by atoms with van der Waals surface area (Å²) < 4.78 is 91.4. The van der Waals surface area contributed by atoms with E-state index < -0.39 is 57.5 Å². The lowest BCUT2D eigenvalue weighted by atomic mass is 10.0. The first-order valence-electron chi connectivity index (χ1n) is 5.76. The molecule has 2 aromatic rings. The van der Waals surface area contributed by atoms with E-state index in [4.69, 9.17) is 0 Å². The molecule has 0 amide bonds. The van der Waals surface area contributed by atoms with E-state index in [1.54, 1.807) is 0 Å². The molecule has 0 atom stereocenters. The third-order valence-corrected chi connectivity index (χ3v) is 2.92. The zero-order chi connectivity index (χ0) is 16.6. The van der Waals surface area contributed by atoms with Crippen molar-refractivity contribution in [2.45, 2.75) is 0 Å². The fourth-order valence-electron chi connectivity index (χ4n) is 1.95. The summed E-state index contributed by atoms with van der Waals surface area (Å²) in [5, 5.41) is 0. The normalized spacial score (nSPS) is 10.7. The Morgan fingerprint density at radius 1 is 0.636 bits per heavy atom. The standard InChI is InChI=1S/C14H8F6O2/c1-21-8-4-7(17)14(22-2)10(13(8)20)9-11(18)5(15)3-6(16)12(9)19/h3-4H,1-2H3. The highest BCUT2D eigenvalue weighted by Gasteiger charge is 2.29. The SMILES string of the molecule is COc1cc(F)c(OC)c(-c2c(F)c(F)cc(F)c2F)c1F. The zero-order valence-corrected chi connectivity index (χ0v) is 11.2. The van der Waals surface area contributed by atoms with Crippen molar-refractivity contribution in [3.05, 3.63) is 47.0 Å². The van der Waals surface area contributed by atoms with Gasteiger partial charge in [0.1, 0.15) is 0 Å². The molecule has 0 fully saturated rings. The molecule has 0 heterocycles. The quantitative estimate of drug-likeness (QED) is 0.623. The lowest BCUT2D eigenvalue weighted by molar-refractivity contribution is 0.360. The minimum Gasteiger partial charge on any atom is -0.494 e. The van der Waals surface area contributed by atoms with Crippen molar-refractivity contribution >= 4 is 0 Å². The second kappa shape index (κ2) is 5.78. The van der Waals surface area contributed by atoms with Crippen LogP contribution in [0.4, 0.5) is 26.3 Å². The molecule has 2 nitrogen and oxygen atoms in total. The first-order valence-corrected chi connectivity index (χ1v) is 5.76. The zero-order valence-electron chi connectivity index (χ0n) is 11.2. The van der Waals surface area contributed by atoms with E-state index in [-0.39, 0.29) is 6.07 Å². The Bertz CT molecular complexity index is 719. The van der Waals surface area contributed by atoms with Gasteiger partial charge in [0.15, 0.2) is 46.4 Å². The first-order chi connectivity index (χ1) is 10.3. The molecular formula is C14H8F6O2. The summed E-state index contributed by atoms with van der Waals surface area (Å²) in [5.74, 6) is -11.6. The van der Waals surface area contributed by atoms with Crippen LogP contribution in [0.5, 0.6) is 11.5 Å². The van der Waals surface area contributed by atoms with Gasteiger partial charge in [-0.3, -0.25) is 0 Å². The summed E-state index contributed by atoms with van der Waals surface area (Å²) in [7, 11) is 1.88. The predicted octanol–water partition coefficient (Wildman–Crippen LogP) is 4.21. The van der Waals surface area contributed by atoms with Gasteiger partial charge in [-0.25, -0.2) is 26.3 Å². The fraction of sp³-hybridized carbons (Fsp3) is 0.143. The molecule has 0 aromatic heterocycles. The number of rotatable bonds is 3. The Morgan fingerprint density at radius 3 is 1.64 bits per heavy atom. The summed E-state index contributed by atoms with van der Waals surface area (Å²) in [6, 6.07) is 0.526. The number of methoxy groups -OCH3 is 2. The van der Waals surface area contributed by atoms with Gasteiger partial charge in [-0.1, -0.05) is 0 Å². The summed E-state index contributed by atoms with van der Waals surface area (Å²) in [5.41, 5.74) is -2.54. The van der Waals surface area contributed by atoms with Crippen LogP contribution >= 0.6 is 0 Å². The summed E-state index contributed by atoms with van der Waals surface area (Å²) >= 11 is 0. The van der Waals surface area contributed by atoms with Crippen LogP contribution in [0.3, 0.4) is 0 Å². The second-order valence-corrected chi connectivity index (χ2v) is 4.13. The van der Waals surface area contributed by atoms with Crippen LogP contribution in [0.2, 0.25) is 0 Å². The monoisotopic (exact) mass is 322 g/mol. The Labute approximate surface area is 120 Å². The Kier molecular flexibility index (Phi) is 4.20. The van der Waals surface area contributed by atoms with Crippen molar-refractivity contribution in [3.8, 4) is 22.6 Å². The van der Waals surface area contributed by atoms with Crippen LogP contribution in [0.1, 0.15) is 0 Å². The molecule has 22 heavy (non-hydrogen) atoms. The molecular weight excluding hydrogens is 314 g/mol. The summed E-state index contributed by atoms with van der Waals surface area (Å²) in [6.45, 7) is 0. The van der Waals surface area contributed by atoms with Gasteiger partial charge in [-0.15, -0.1) is 0 Å². The van der Waals surface area contributed by atoms with Gasteiger partial charge in [0, 0.05) is 12.1 Å². The molecule has 0 N–H and O–H groups in total. The van der Waals surface area contributed by atoms with Crippen molar-refractivity contribution in [1.29, 1.82) is 0 Å². The summed E-state index contributed by atoms with van der Waals surface area (Å²) in [4.78, 5) is 0. The van der Waals surface area contributed by atoms with Gasteiger partial charge < -0.3 is 9.47 Å². The Morgan fingerprint density at radius 2 is 1.18 bits per heavy atom. The van der Waals surface area contributed by atoms with Crippen LogP contribution in [-0.2, 0) is 0 Å². The maximum atomic E-state index is 14.3. The first kappa shape index (κ1) is 16.0. The molecule has 2 aromatic carbocycles. The summed E-state index contributed by atoms with van der Waals surface area (Å²) in [6.07, 6.45) is 0. The van der Waals surface area contributed by atoms with E-state index in [0.717, 1.165) is 14.2 Å². The molecule has 118 valence electrons. The minimum atomic E-state index is -1.89. The van der Waals surface area contributed by atoms with Gasteiger partial charge in [0.25, 0.3) is 0 Å². The molecule has 0 aliphatic rings. The topological polar surface area (TPSA) is 18.5 Å². The van der Waals surface area contributed by atoms with E-state index in [1.165, 1.54) is 0 Å². The molecule has 0 spiro atoms. The van der Waals surface area contributed by atoms with Crippen molar-refractivity contribution < 1.29 is 35.8 Å². The second-order valence-electron chi connectivity index (χ2n) is 4.13.